The number of methoxy groups -OCH3 is 1. The molecule has 2 aromatic rings. The second kappa shape index (κ2) is 6.70. The molecular weight excluding hydrogens is 308 g/mol. The number of aromatic carboxylic acids is 1. The van der Waals surface area contributed by atoms with Gasteiger partial charge >= 0.3 is 5.97 Å². The first kappa shape index (κ1) is 17.5. The summed E-state index contributed by atoms with van der Waals surface area (Å²) in [6, 6.07) is 7.89. The SMILES string of the molecule is COc1cc(NC(=O)c2ccc(C(C)(C)C)cn2)ccc1C(=O)O. The van der Waals surface area contributed by atoms with Gasteiger partial charge in [0.1, 0.15) is 17.0 Å². The number of rotatable bonds is 4. The number of aromatic nitrogens is 1. The third-order valence-electron chi connectivity index (χ3n) is 3.55. The number of nitrogens with one attached hydrogen (secondary N) is 1. The molecule has 0 aliphatic carbocycles. The van der Waals surface area contributed by atoms with Crippen molar-refractivity contribution in [3.05, 3.63) is 53.3 Å². The Kier molecular flexibility index (Phi) is 4.87. The molecule has 2 N–H and O–H groups in total. The van der Waals surface area contributed by atoms with Crippen LogP contribution in [-0.2, 0) is 5.41 Å². The second-order valence-electron chi connectivity index (χ2n) is 6.36. The average Bonchev–Trinajstić information content (AvgIpc) is 2.53. The summed E-state index contributed by atoms with van der Waals surface area (Å²) < 4.78 is 5.04. The monoisotopic (exact) mass is 328 g/mol. The zero-order valence-corrected chi connectivity index (χ0v) is 14.1. The third kappa shape index (κ3) is 3.90. The van der Waals surface area contributed by atoms with Crippen molar-refractivity contribution in [2.75, 3.05) is 12.4 Å². The van der Waals surface area contributed by atoms with E-state index < -0.39 is 5.97 Å². The highest BCUT2D eigenvalue weighted by atomic mass is 16.5. The lowest BCUT2D eigenvalue weighted by Gasteiger charge is -2.18. The predicted molar refractivity (Wildman–Crippen MR) is 90.8 cm³/mol. The minimum Gasteiger partial charge on any atom is -0.496 e. The molecule has 1 amide bonds. The molecule has 0 atom stereocenters. The highest BCUT2D eigenvalue weighted by molar-refractivity contribution is 6.03. The van der Waals surface area contributed by atoms with E-state index in [0.29, 0.717) is 5.69 Å². The normalized spacial score (nSPS) is 11.0. The fraction of sp³-hybridized carbons (Fsp3) is 0.278. The Morgan fingerprint density at radius 2 is 1.88 bits per heavy atom. The van der Waals surface area contributed by atoms with Gasteiger partial charge in [-0.1, -0.05) is 26.8 Å². The number of ether oxygens (including phenoxy) is 1. The molecule has 0 saturated carbocycles. The van der Waals surface area contributed by atoms with Gasteiger partial charge in [0.05, 0.1) is 7.11 Å². The molecule has 126 valence electrons. The molecule has 0 aliphatic heterocycles. The molecule has 0 bridgehead atoms. The number of carboxylic acids is 1. The lowest BCUT2D eigenvalue weighted by Crippen LogP contribution is -2.16. The van der Waals surface area contributed by atoms with Crippen LogP contribution in [0.2, 0.25) is 0 Å². The molecule has 0 aliphatic rings. The Hall–Kier alpha value is -2.89. The number of benzene rings is 1. The molecule has 0 spiro atoms. The van der Waals surface area contributed by atoms with E-state index in [4.69, 9.17) is 9.84 Å². The Morgan fingerprint density at radius 3 is 2.38 bits per heavy atom. The van der Waals surface area contributed by atoms with Crippen molar-refractivity contribution < 1.29 is 19.4 Å². The Balaban J connectivity index is 2.19. The van der Waals surface area contributed by atoms with Gasteiger partial charge in [-0.3, -0.25) is 9.78 Å². The maximum Gasteiger partial charge on any atom is 0.339 e. The molecule has 1 heterocycles. The van der Waals surface area contributed by atoms with Gasteiger partial charge < -0.3 is 15.2 Å². The van der Waals surface area contributed by atoms with Gasteiger partial charge in [0.15, 0.2) is 0 Å². The molecule has 6 nitrogen and oxygen atoms in total. The molecule has 1 aromatic carbocycles. The lowest BCUT2D eigenvalue weighted by molar-refractivity contribution is 0.0693. The van der Waals surface area contributed by atoms with Crippen molar-refractivity contribution in [2.24, 2.45) is 0 Å². The number of amides is 1. The maximum atomic E-state index is 12.3. The van der Waals surface area contributed by atoms with Gasteiger partial charge in [-0.05, 0) is 29.2 Å². The number of carbonyl (C=O) groups excluding carboxylic acids is 1. The maximum absolute atomic E-state index is 12.3. The number of hydrogen-bond donors (Lipinski definition) is 2. The van der Waals surface area contributed by atoms with E-state index in [1.807, 2.05) is 6.07 Å². The van der Waals surface area contributed by atoms with E-state index in [-0.39, 0.29) is 28.3 Å². The number of carbonyl (C=O) groups is 2. The zero-order valence-electron chi connectivity index (χ0n) is 14.1. The van der Waals surface area contributed by atoms with Crippen molar-refractivity contribution in [2.45, 2.75) is 26.2 Å². The molecule has 2 rings (SSSR count). The first-order chi connectivity index (χ1) is 11.2. The van der Waals surface area contributed by atoms with Crippen LogP contribution in [0.15, 0.2) is 36.5 Å². The summed E-state index contributed by atoms with van der Waals surface area (Å²) in [7, 11) is 1.38. The van der Waals surface area contributed by atoms with Crippen molar-refractivity contribution in [3.8, 4) is 5.75 Å². The van der Waals surface area contributed by atoms with Crippen molar-refractivity contribution in [1.29, 1.82) is 0 Å². The van der Waals surface area contributed by atoms with Crippen LogP contribution in [0.1, 0.15) is 47.2 Å². The zero-order chi connectivity index (χ0) is 17.9. The van der Waals surface area contributed by atoms with Crippen LogP contribution >= 0.6 is 0 Å². The standard InChI is InChI=1S/C18H20N2O4/c1-18(2,3)11-5-8-14(19-10-11)16(21)20-12-6-7-13(17(22)23)15(9-12)24-4/h5-10H,1-4H3,(H,20,21)(H,22,23). The molecule has 0 radical (unpaired) electrons. The largest absolute Gasteiger partial charge is 0.496 e. The minimum atomic E-state index is -1.09. The van der Waals surface area contributed by atoms with Crippen LogP contribution in [0.5, 0.6) is 5.75 Å². The number of pyridine rings is 1. The van der Waals surface area contributed by atoms with E-state index in [1.165, 1.54) is 25.3 Å². The van der Waals surface area contributed by atoms with Gasteiger partial charge in [-0.25, -0.2) is 4.79 Å². The van der Waals surface area contributed by atoms with Crippen LogP contribution in [0.4, 0.5) is 5.69 Å². The first-order valence-electron chi connectivity index (χ1n) is 7.41. The van der Waals surface area contributed by atoms with Gasteiger partial charge in [-0.15, -0.1) is 0 Å². The molecule has 0 saturated heterocycles. The Labute approximate surface area is 140 Å². The average molecular weight is 328 g/mol. The van der Waals surface area contributed by atoms with Crippen LogP contribution < -0.4 is 10.1 Å². The fourth-order valence-electron chi connectivity index (χ4n) is 2.11. The summed E-state index contributed by atoms with van der Waals surface area (Å²) in [5.74, 6) is -1.29. The van der Waals surface area contributed by atoms with E-state index in [2.05, 4.69) is 31.1 Å². The summed E-state index contributed by atoms with van der Waals surface area (Å²) in [4.78, 5) is 27.5. The first-order valence-corrected chi connectivity index (χ1v) is 7.41. The molecule has 1 aromatic heterocycles. The second-order valence-corrected chi connectivity index (χ2v) is 6.36. The summed E-state index contributed by atoms with van der Waals surface area (Å²) in [5.41, 5.74) is 1.74. The van der Waals surface area contributed by atoms with Gasteiger partial charge in [0, 0.05) is 18.0 Å². The third-order valence-corrected chi connectivity index (χ3v) is 3.55. The van der Waals surface area contributed by atoms with Crippen LogP contribution in [0, 0.1) is 0 Å². The van der Waals surface area contributed by atoms with Gasteiger partial charge in [-0.2, -0.15) is 0 Å². The summed E-state index contributed by atoms with van der Waals surface area (Å²) >= 11 is 0. The Morgan fingerprint density at radius 1 is 1.17 bits per heavy atom. The molecule has 0 fully saturated rings. The van der Waals surface area contributed by atoms with Crippen molar-refractivity contribution in [1.82, 2.24) is 4.98 Å². The van der Waals surface area contributed by atoms with E-state index >= 15 is 0 Å². The topological polar surface area (TPSA) is 88.5 Å². The fourth-order valence-corrected chi connectivity index (χ4v) is 2.11. The predicted octanol–water partition coefficient (Wildman–Crippen LogP) is 3.34. The van der Waals surface area contributed by atoms with Crippen molar-refractivity contribution >= 4 is 17.6 Å². The number of nitrogens with zero attached hydrogens (tertiary/aromatic N) is 1. The van der Waals surface area contributed by atoms with Crippen molar-refractivity contribution in [3.63, 3.8) is 0 Å². The highest BCUT2D eigenvalue weighted by Gasteiger charge is 2.16. The van der Waals surface area contributed by atoms with E-state index in [0.717, 1.165) is 5.56 Å². The van der Waals surface area contributed by atoms with Crippen LogP contribution in [-0.4, -0.2) is 29.1 Å². The molecule has 6 heteroatoms. The summed E-state index contributed by atoms with van der Waals surface area (Å²) in [6.45, 7) is 6.21. The van der Waals surface area contributed by atoms with Crippen LogP contribution in [0.3, 0.4) is 0 Å². The van der Waals surface area contributed by atoms with E-state index in [9.17, 15) is 9.59 Å². The van der Waals surface area contributed by atoms with Gasteiger partial charge in [0.2, 0.25) is 0 Å². The number of anilines is 1. The molecule has 0 unspecified atom stereocenters. The minimum absolute atomic E-state index is 0.0307. The summed E-state index contributed by atoms with van der Waals surface area (Å²) in [5, 5.41) is 11.7. The highest BCUT2D eigenvalue weighted by Crippen LogP contribution is 2.24. The van der Waals surface area contributed by atoms with Crippen LogP contribution in [0.25, 0.3) is 0 Å². The summed E-state index contributed by atoms with van der Waals surface area (Å²) in [6.07, 6.45) is 1.68. The van der Waals surface area contributed by atoms with Gasteiger partial charge in [0.25, 0.3) is 5.91 Å². The number of hydrogen-bond acceptors (Lipinski definition) is 4. The Bertz CT molecular complexity index is 762. The van der Waals surface area contributed by atoms with E-state index in [1.54, 1.807) is 12.3 Å². The quantitative estimate of drug-likeness (QED) is 0.898. The number of carboxylic acid groups (broad SMARTS) is 1. The lowest BCUT2D eigenvalue weighted by atomic mass is 9.88. The molecule has 24 heavy (non-hydrogen) atoms. The smallest absolute Gasteiger partial charge is 0.339 e. The molecular formula is C18H20N2O4.